The van der Waals surface area contributed by atoms with Crippen LogP contribution in [0.25, 0.3) is 0 Å². The maximum atomic E-state index is 9.29. The number of hydrogen-bond acceptors (Lipinski definition) is 1. The summed E-state index contributed by atoms with van der Waals surface area (Å²) in [6, 6.07) is 16.1. The lowest BCUT2D eigenvalue weighted by molar-refractivity contribution is 0.475. The molecular formula is C16H17BrO. The average Bonchev–Trinajstić information content (AvgIpc) is 2.38. The second kappa shape index (κ2) is 6.05. The van der Waals surface area contributed by atoms with E-state index in [-0.39, 0.29) is 0 Å². The lowest BCUT2D eigenvalue weighted by atomic mass is 9.93. The molecule has 0 bridgehead atoms. The van der Waals surface area contributed by atoms with Crippen LogP contribution >= 0.6 is 15.9 Å². The van der Waals surface area contributed by atoms with Crippen molar-refractivity contribution < 1.29 is 5.11 Å². The Balaban J connectivity index is 2.17. The van der Waals surface area contributed by atoms with Crippen LogP contribution in [0, 0.1) is 6.92 Å². The smallest absolute Gasteiger partial charge is 0.115 e. The number of hydrogen-bond donors (Lipinski definition) is 1. The van der Waals surface area contributed by atoms with Gasteiger partial charge >= 0.3 is 0 Å². The van der Waals surface area contributed by atoms with Crippen molar-refractivity contribution in [1.29, 1.82) is 0 Å². The minimum absolute atomic E-state index is 0.324. The zero-order valence-electron chi connectivity index (χ0n) is 10.4. The summed E-state index contributed by atoms with van der Waals surface area (Å²) in [4.78, 5) is 0. The van der Waals surface area contributed by atoms with E-state index in [0.717, 1.165) is 11.8 Å². The Kier molecular flexibility index (Phi) is 4.43. The van der Waals surface area contributed by atoms with Crippen molar-refractivity contribution >= 4 is 15.9 Å². The number of phenols is 1. The second-order valence-electron chi connectivity index (χ2n) is 4.64. The molecule has 94 valence electrons. The molecule has 0 aliphatic carbocycles. The van der Waals surface area contributed by atoms with Gasteiger partial charge in [-0.3, -0.25) is 0 Å². The van der Waals surface area contributed by atoms with Crippen molar-refractivity contribution in [1.82, 2.24) is 0 Å². The first kappa shape index (κ1) is 13.2. The topological polar surface area (TPSA) is 20.2 Å². The summed E-state index contributed by atoms with van der Waals surface area (Å²) in [6.45, 7) is 2.12. The molecule has 18 heavy (non-hydrogen) atoms. The zero-order chi connectivity index (χ0) is 13.0. The van der Waals surface area contributed by atoms with Crippen molar-refractivity contribution in [2.75, 3.05) is 5.33 Å². The molecule has 0 saturated carbocycles. The molecule has 0 amide bonds. The van der Waals surface area contributed by atoms with Gasteiger partial charge in [0.15, 0.2) is 0 Å². The Hall–Kier alpha value is -1.28. The van der Waals surface area contributed by atoms with Crippen LogP contribution in [0.3, 0.4) is 0 Å². The Morgan fingerprint density at radius 3 is 2.44 bits per heavy atom. The van der Waals surface area contributed by atoms with Gasteiger partial charge < -0.3 is 5.11 Å². The fraction of sp³-hybridized carbons (Fsp3) is 0.250. The third-order valence-corrected chi connectivity index (χ3v) is 3.90. The molecule has 0 saturated heterocycles. The monoisotopic (exact) mass is 304 g/mol. The van der Waals surface area contributed by atoms with Gasteiger partial charge in [0.05, 0.1) is 0 Å². The Bertz CT molecular complexity index is 505. The average molecular weight is 305 g/mol. The minimum Gasteiger partial charge on any atom is -0.508 e. The predicted molar refractivity (Wildman–Crippen MR) is 79.5 cm³/mol. The third kappa shape index (κ3) is 3.36. The number of rotatable bonds is 4. The van der Waals surface area contributed by atoms with Gasteiger partial charge in [-0.25, -0.2) is 0 Å². The molecule has 0 heterocycles. The summed E-state index contributed by atoms with van der Waals surface area (Å²) < 4.78 is 0. The van der Waals surface area contributed by atoms with Gasteiger partial charge in [0, 0.05) is 5.33 Å². The third-order valence-electron chi connectivity index (χ3n) is 3.12. The molecule has 1 nitrogen and oxygen atoms in total. The fourth-order valence-corrected chi connectivity index (χ4v) is 2.70. The molecule has 1 N–H and O–H groups in total. The number of alkyl halides is 1. The highest BCUT2D eigenvalue weighted by atomic mass is 79.9. The molecule has 2 aromatic rings. The highest BCUT2D eigenvalue weighted by molar-refractivity contribution is 9.09. The highest BCUT2D eigenvalue weighted by Crippen LogP contribution is 2.24. The summed E-state index contributed by atoms with van der Waals surface area (Å²) in [7, 11) is 0. The summed E-state index contributed by atoms with van der Waals surface area (Å²) in [6.07, 6.45) is 0.981. The zero-order valence-corrected chi connectivity index (χ0v) is 12.0. The number of aryl methyl sites for hydroxylation is 1. The number of halogens is 1. The molecule has 0 fully saturated rings. The van der Waals surface area contributed by atoms with E-state index >= 15 is 0 Å². The molecule has 1 atom stereocenters. The van der Waals surface area contributed by atoms with E-state index in [9.17, 15) is 5.11 Å². The molecule has 2 rings (SSSR count). The van der Waals surface area contributed by atoms with E-state index in [1.807, 2.05) is 12.1 Å². The van der Waals surface area contributed by atoms with E-state index in [1.54, 1.807) is 12.1 Å². The van der Waals surface area contributed by atoms with Crippen LogP contribution in [0.5, 0.6) is 5.75 Å². The van der Waals surface area contributed by atoms with E-state index in [2.05, 4.69) is 47.1 Å². The van der Waals surface area contributed by atoms with Crippen LogP contribution in [0.2, 0.25) is 0 Å². The summed E-state index contributed by atoms with van der Waals surface area (Å²) in [5.41, 5.74) is 3.91. The maximum Gasteiger partial charge on any atom is 0.115 e. The number of phenolic OH excluding ortho intramolecular Hbond substituents is 1. The Morgan fingerprint density at radius 2 is 1.83 bits per heavy atom. The lowest BCUT2D eigenvalue weighted by Crippen LogP contribution is -2.04. The maximum absolute atomic E-state index is 9.29. The fourth-order valence-electron chi connectivity index (χ4n) is 2.10. The minimum atomic E-state index is 0.324. The van der Waals surface area contributed by atoms with Gasteiger partial charge in [-0.05, 0) is 42.5 Å². The van der Waals surface area contributed by atoms with Crippen molar-refractivity contribution in [3.63, 3.8) is 0 Å². The molecule has 0 aromatic heterocycles. The largest absolute Gasteiger partial charge is 0.508 e. The highest BCUT2D eigenvalue weighted by Gasteiger charge is 2.11. The van der Waals surface area contributed by atoms with E-state index in [4.69, 9.17) is 0 Å². The summed E-state index contributed by atoms with van der Waals surface area (Å²) in [5.74, 6) is 0.791. The van der Waals surface area contributed by atoms with Gasteiger partial charge in [0.2, 0.25) is 0 Å². The molecule has 0 aliphatic rings. The first-order valence-electron chi connectivity index (χ1n) is 6.09. The quantitative estimate of drug-likeness (QED) is 0.829. The van der Waals surface area contributed by atoms with Gasteiger partial charge in [-0.15, -0.1) is 0 Å². The molecule has 0 radical (unpaired) electrons. The summed E-state index contributed by atoms with van der Waals surface area (Å²) in [5, 5.41) is 10.2. The Morgan fingerprint density at radius 1 is 1.11 bits per heavy atom. The van der Waals surface area contributed by atoms with Crippen molar-refractivity contribution in [2.24, 2.45) is 0 Å². The van der Waals surface area contributed by atoms with Crippen LogP contribution in [-0.2, 0) is 6.42 Å². The second-order valence-corrected chi connectivity index (χ2v) is 5.28. The molecular weight excluding hydrogens is 288 g/mol. The molecule has 0 aliphatic heterocycles. The molecule has 2 heteroatoms. The van der Waals surface area contributed by atoms with Gasteiger partial charge in [-0.2, -0.15) is 0 Å². The van der Waals surface area contributed by atoms with E-state index in [1.165, 1.54) is 16.7 Å². The first-order chi connectivity index (χ1) is 8.69. The Labute approximate surface area is 117 Å². The van der Waals surface area contributed by atoms with Crippen LogP contribution in [0.1, 0.15) is 22.6 Å². The number of benzene rings is 2. The lowest BCUT2D eigenvalue weighted by Gasteiger charge is -2.15. The van der Waals surface area contributed by atoms with Crippen LogP contribution in [-0.4, -0.2) is 10.4 Å². The van der Waals surface area contributed by atoms with Gasteiger partial charge in [0.1, 0.15) is 5.75 Å². The van der Waals surface area contributed by atoms with Crippen LogP contribution in [0.4, 0.5) is 0 Å². The standard InChI is InChI=1S/C16H17BrO/c1-12-3-2-4-14(9-12)15(11-17)10-13-5-7-16(18)8-6-13/h2-9,15,18H,10-11H2,1H3. The molecule has 2 aromatic carbocycles. The predicted octanol–water partition coefficient (Wildman–Crippen LogP) is 4.42. The van der Waals surface area contributed by atoms with Crippen molar-refractivity contribution in [3.8, 4) is 5.75 Å². The van der Waals surface area contributed by atoms with E-state index < -0.39 is 0 Å². The van der Waals surface area contributed by atoms with Crippen LogP contribution in [0.15, 0.2) is 48.5 Å². The molecule has 0 spiro atoms. The van der Waals surface area contributed by atoms with Crippen LogP contribution < -0.4 is 0 Å². The molecule has 1 unspecified atom stereocenters. The normalized spacial score (nSPS) is 12.3. The number of aromatic hydroxyl groups is 1. The van der Waals surface area contributed by atoms with Crippen molar-refractivity contribution in [2.45, 2.75) is 19.3 Å². The van der Waals surface area contributed by atoms with Gasteiger partial charge in [-0.1, -0.05) is 57.9 Å². The first-order valence-corrected chi connectivity index (χ1v) is 7.21. The van der Waals surface area contributed by atoms with E-state index in [0.29, 0.717) is 11.7 Å². The summed E-state index contributed by atoms with van der Waals surface area (Å²) >= 11 is 3.60. The SMILES string of the molecule is Cc1cccc(C(CBr)Cc2ccc(O)cc2)c1. The van der Waals surface area contributed by atoms with Crippen molar-refractivity contribution in [3.05, 3.63) is 65.2 Å². The van der Waals surface area contributed by atoms with Gasteiger partial charge in [0.25, 0.3) is 0 Å².